The number of esters is 1. The maximum atomic E-state index is 12.7. The fourth-order valence-electron chi connectivity index (χ4n) is 0.836. The minimum atomic E-state index is -3.26. The molecule has 94 valence electrons. The van der Waals surface area contributed by atoms with E-state index >= 15 is 0 Å². The van der Waals surface area contributed by atoms with Crippen LogP contribution in [0, 0.1) is 0 Å². The summed E-state index contributed by atoms with van der Waals surface area (Å²) in [5.41, 5.74) is 0. The van der Waals surface area contributed by atoms with E-state index < -0.39 is 18.7 Å². The second-order valence-electron chi connectivity index (χ2n) is 2.85. The molecule has 6 heteroatoms. The van der Waals surface area contributed by atoms with Crippen LogP contribution in [0.3, 0.4) is 0 Å². The molecule has 0 bridgehead atoms. The van der Waals surface area contributed by atoms with Gasteiger partial charge in [-0.1, -0.05) is 6.58 Å². The molecule has 0 aromatic carbocycles. The molecule has 0 spiro atoms. The number of carbonyl (C=O) groups is 1. The fraction of sp³-hybridized carbons (Fsp3) is 0.700. The van der Waals surface area contributed by atoms with E-state index in [9.17, 15) is 13.6 Å². The Morgan fingerprint density at radius 1 is 1.44 bits per heavy atom. The summed E-state index contributed by atoms with van der Waals surface area (Å²) in [6, 6.07) is 0. The average molecular weight is 238 g/mol. The van der Waals surface area contributed by atoms with Crippen LogP contribution in [0.15, 0.2) is 12.7 Å². The molecule has 0 radical (unpaired) electrons. The molecule has 0 aliphatic carbocycles. The number of hydrogen-bond donors (Lipinski definition) is 0. The molecule has 4 nitrogen and oxygen atoms in total. The van der Waals surface area contributed by atoms with Crippen molar-refractivity contribution in [2.45, 2.75) is 19.5 Å². The van der Waals surface area contributed by atoms with Crippen LogP contribution in [0.1, 0.15) is 13.3 Å². The van der Waals surface area contributed by atoms with E-state index in [-0.39, 0.29) is 19.8 Å². The lowest BCUT2D eigenvalue weighted by Crippen LogP contribution is -2.27. The Bertz CT molecular complexity index is 219. The molecule has 0 heterocycles. The molecule has 0 saturated carbocycles. The van der Waals surface area contributed by atoms with Crippen molar-refractivity contribution in [2.24, 2.45) is 0 Å². The number of hydrogen-bond acceptors (Lipinski definition) is 4. The summed E-state index contributed by atoms with van der Waals surface area (Å²) >= 11 is 0. The van der Waals surface area contributed by atoms with Crippen LogP contribution >= 0.6 is 0 Å². The van der Waals surface area contributed by atoms with Gasteiger partial charge in [0.25, 0.3) is 0 Å². The third kappa shape index (κ3) is 8.31. The van der Waals surface area contributed by atoms with Gasteiger partial charge in [-0.25, -0.2) is 4.79 Å². The zero-order chi connectivity index (χ0) is 12.4. The smallest absolute Gasteiger partial charge is 0.378 e. The number of alkyl halides is 2. The van der Waals surface area contributed by atoms with Crippen LogP contribution < -0.4 is 0 Å². The highest BCUT2D eigenvalue weighted by molar-refractivity contribution is 5.81. The third-order valence-corrected chi connectivity index (χ3v) is 1.47. The molecule has 0 aromatic heterocycles. The minimum Gasteiger partial charge on any atom is -0.462 e. The van der Waals surface area contributed by atoms with E-state index in [0.29, 0.717) is 6.42 Å². The molecule has 0 fully saturated rings. The summed E-state index contributed by atoms with van der Waals surface area (Å²) < 4.78 is 38.8. The van der Waals surface area contributed by atoms with Crippen LogP contribution in [0.4, 0.5) is 8.78 Å². The first-order chi connectivity index (χ1) is 7.52. The molecule has 0 aliphatic heterocycles. The summed E-state index contributed by atoms with van der Waals surface area (Å²) in [6.45, 7) is 4.00. The first kappa shape index (κ1) is 15.0. The summed E-state index contributed by atoms with van der Waals surface area (Å²) in [5, 5.41) is 0. The fourth-order valence-corrected chi connectivity index (χ4v) is 0.836. The molecular formula is C10H16F2O4. The largest absolute Gasteiger partial charge is 0.462 e. The molecule has 0 rings (SSSR count). The number of rotatable bonds is 9. The summed E-state index contributed by atoms with van der Waals surface area (Å²) in [5.74, 6) is -0.542. The molecular weight excluding hydrogens is 222 g/mol. The average Bonchev–Trinajstić information content (AvgIpc) is 2.22. The quantitative estimate of drug-likeness (QED) is 0.349. The Kier molecular flexibility index (Phi) is 7.66. The van der Waals surface area contributed by atoms with Gasteiger partial charge >= 0.3 is 12.1 Å². The monoisotopic (exact) mass is 238 g/mol. The Morgan fingerprint density at radius 2 is 2.12 bits per heavy atom. The van der Waals surface area contributed by atoms with Crippen molar-refractivity contribution in [1.82, 2.24) is 0 Å². The minimum absolute atomic E-state index is 0.0761. The van der Waals surface area contributed by atoms with Crippen molar-refractivity contribution in [3.05, 3.63) is 12.7 Å². The molecule has 0 atom stereocenters. The van der Waals surface area contributed by atoms with E-state index in [1.807, 2.05) is 0 Å². The molecule has 0 amide bonds. The van der Waals surface area contributed by atoms with Gasteiger partial charge in [0.1, 0.15) is 6.61 Å². The topological polar surface area (TPSA) is 44.8 Å². The summed E-state index contributed by atoms with van der Waals surface area (Å²) in [7, 11) is 0. The number of halogens is 2. The van der Waals surface area contributed by atoms with E-state index in [0.717, 1.165) is 6.08 Å². The van der Waals surface area contributed by atoms with E-state index in [2.05, 4.69) is 20.8 Å². The predicted octanol–water partition coefficient (Wildman–Crippen LogP) is 1.75. The van der Waals surface area contributed by atoms with Gasteiger partial charge in [-0.3, -0.25) is 0 Å². The van der Waals surface area contributed by atoms with Crippen molar-refractivity contribution >= 4 is 5.97 Å². The SMILES string of the molecule is C=CC(=O)OCCCOCC(F)(F)OCC. The van der Waals surface area contributed by atoms with E-state index in [4.69, 9.17) is 0 Å². The highest BCUT2D eigenvalue weighted by Gasteiger charge is 2.29. The normalized spacial score (nSPS) is 11.2. The predicted molar refractivity (Wildman–Crippen MR) is 53.2 cm³/mol. The second-order valence-corrected chi connectivity index (χ2v) is 2.85. The first-order valence-corrected chi connectivity index (χ1v) is 4.90. The lowest BCUT2D eigenvalue weighted by atomic mass is 10.5. The summed E-state index contributed by atoms with van der Waals surface area (Å²) in [4.78, 5) is 10.6. The van der Waals surface area contributed by atoms with Gasteiger partial charge in [-0.05, 0) is 6.92 Å². The van der Waals surface area contributed by atoms with Crippen LogP contribution in [-0.4, -0.2) is 38.5 Å². The molecule has 0 aliphatic rings. The lowest BCUT2D eigenvalue weighted by Gasteiger charge is -2.15. The van der Waals surface area contributed by atoms with E-state index in [1.165, 1.54) is 6.92 Å². The van der Waals surface area contributed by atoms with Gasteiger partial charge in [-0.2, -0.15) is 8.78 Å². The molecule has 16 heavy (non-hydrogen) atoms. The van der Waals surface area contributed by atoms with Crippen LogP contribution in [0.2, 0.25) is 0 Å². The maximum absolute atomic E-state index is 12.7. The molecule has 0 unspecified atom stereocenters. The molecule has 0 N–H and O–H groups in total. The van der Waals surface area contributed by atoms with Crippen LogP contribution in [-0.2, 0) is 19.0 Å². The highest BCUT2D eigenvalue weighted by atomic mass is 19.3. The Morgan fingerprint density at radius 3 is 2.69 bits per heavy atom. The number of ether oxygens (including phenoxy) is 3. The van der Waals surface area contributed by atoms with Crippen molar-refractivity contribution in [3.63, 3.8) is 0 Å². The zero-order valence-corrected chi connectivity index (χ0v) is 9.21. The van der Waals surface area contributed by atoms with Crippen LogP contribution in [0.5, 0.6) is 0 Å². The Hall–Kier alpha value is -1.01. The van der Waals surface area contributed by atoms with Crippen LogP contribution in [0.25, 0.3) is 0 Å². The van der Waals surface area contributed by atoms with Gasteiger partial charge in [0, 0.05) is 12.5 Å². The maximum Gasteiger partial charge on any atom is 0.378 e. The van der Waals surface area contributed by atoms with Crippen molar-refractivity contribution in [3.8, 4) is 0 Å². The molecule has 0 saturated heterocycles. The molecule has 0 aromatic rings. The second kappa shape index (κ2) is 8.18. The standard InChI is InChI=1S/C10H16F2O4/c1-3-9(13)15-7-5-6-14-8-10(11,12)16-4-2/h3H,1,4-8H2,2H3. The van der Waals surface area contributed by atoms with Crippen molar-refractivity contribution in [1.29, 1.82) is 0 Å². The van der Waals surface area contributed by atoms with E-state index in [1.54, 1.807) is 0 Å². The van der Waals surface area contributed by atoms with Crippen molar-refractivity contribution < 1.29 is 27.8 Å². The Labute approximate surface area is 93.2 Å². The lowest BCUT2D eigenvalue weighted by molar-refractivity contribution is -0.262. The first-order valence-electron chi connectivity index (χ1n) is 4.90. The van der Waals surface area contributed by atoms with Gasteiger partial charge in [-0.15, -0.1) is 0 Å². The Balaban J connectivity index is 3.39. The zero-order valence-electron chi connectivity index (χ0n) is 9.21. The van der Waals surface area contributed by atoms with Gasteiger partial charge in [0.15, 0.2) is 0 Å². The number of carbonyl (C=O) groups excluding carboxylic acids is 1. The van der Waals surface area contributed by atoms with Gasteiger partial charge < -0.3 is 14.2 Å². The van der Waals surface area contributed by atoms with Gasteiger partial charge in [0.05, 0.1) is 19.8 Å². The van der Waals surface area contributed by atoms with Crippen molar-refractivity contribution in [2.75, 3.05) is 26.4 Å². The third-order valence-electron chi connectivity index (χ3n) is 1.47. The summed E-state index contributed by atoms with van der Waals surface area (Å²) in [6.07, 6.45) is -1.88. The van der Waals surface area contributed by atoms with Gasteiger partial charge in [0.2, 0.25) is 0 Å². The highest BCUT2D eigenvalue weighted by Crippen LogP contribution is 2.15.